The Morgan fingerprint density at radius 3 is 2.20 bits per heavy atom. The van der Waals surface area contributed by atoms with Crippen LogP contribution in [0.15, 0.2) is 90.1 Å². The first-order valence-corrected chi connectivity index (χ1v) is 16.6. The van der Waals surface area contributed by atoms with E-state index in [1.54, 1.807) is 17.0 Å². The van der Waals surface area contributed by atoms with E-state index in [4.69, 9.17) is 16.6 Å². The summed E-state index contributed by atoms with van der Waals surface area (Å²) in [5, 5.41) is 0.976. The maximum Gasteiger partial charge on any atom is 0.416 e. The number of hydrogen-bond acceptors (Lipinski definition) is 7. The average molecular weight is 667 g/mol. The predicted octanol–water partition coefficient (Wildman–Crippen LogP) is 6.73. The average Bonchev–Trinajstić information content (AvgIpc) is 3.07. The third-order valence-corrected chi connectivity index (χ3v) is 9.37. The maximum absolute atomic E-state index is 13.3. The van der Waals surface area contributed by atoms with Gasteiger partial charge in [-0.15, -0.1) is 0 Å². The molecule has 2 aliphatic rings. The van der Waals surface area contributed by atoms with E-state index in [1.807, 2.05) is 35.2 Å². The van der Waals surface area contributed by atoms with Crippen LogP contribution < -0.4 is 9.80 Å². The molecule has 2 saturated heterocycles. The Hall–Kier alpha value is -3.80. The van der Waals surface area contributed by atoms with Crippen molar-refractivity contribution in [3.8, 4) is 0 Å². The summed E-state index contributed by atoms with van der Waals surface area (Å²) in [6.07, 6.45) is -4.39. The molecule has 0 spiro atoms. The predicted molar refractivity (Wildman–Crippen MR) is 177 cm³/mol. The molecule has 4 aromatic rings. The van der Waals surface area contributed by atoms with Gasteiger partial charge in [-0.3, -0.25) is 9.69 Å². The van der Waals surface area contributed by atoms with Crippen molar-refractivity contribution in [2.45, 2.75) is 23.6 Å². The minimum atomic E-state index is -4.39. The molecule has 46 heavy (non-hydrogen) atoms. The van der Waals surface area contributed by atoms with Crippen LogP contribution in [0.2, 0.25) is 5.15 Å². The molecule has 12 heteroatoms. The van der Waals surface area contributed by atoms with Crippen molar-refractivity contribution in [2.75, 3.05) is 62.2 Å². The summed E-state index contributed by atoms with van der Waals surface area (Å²) < 4.78 is 39.5. The van der Waals surface area contributed by atoms with Crippen molar-refractivity contribution in [3.63, 3.8) is 0 Å². The van der Waals surface area contributed by atoms with Gasteiger partial charge in [0.15, 0.2) is 5.16 Å². The molecule has 240 valence electrons. The normalized spacial score (nSPS) is 16.1. The monoisotopic (exact) mass is 666 g/mol. The number of hydrogen-bond donors (Lipinski definition) is 0. The Balaban J connectivity index is 1.02. The van der Waals surface area contributed by atoms with Gasteiger partial charge in [0.1, 0.15) is 11.0 Å². The molecule has 0 aliphatic carbocycles. The zero-order valence-electron chi connectivity index (χ0n) is 25.2. The fourth-order valence-corrected chi connectivity index (χ4v) is 6.78. The van der Waals surface area contributed by atoms with Crippen molar-refractivity contribution < 1.29 is 18.0 Å². The second kappa shape index (κ2) is 14.3. The lowest BCUT2D eigenvalue weighted by Gasteiger charge is -2.36. The van der Waals surface area contributed by atoms with Crippen molar-refractivity contribution in [2.24, 2.45) is 0 Å². The van der Waals surface area contributed by atoms with Gasteiger partial charge >= 0.3 is 6.18 Å². The van der Waals surface area contributed by atoms with Gasteiger partial charge in [0.05, 0.1) is 5.56 Å². The van der Waals surface area contributed by atoms with Gasteiger partial charge in [0.2, 0.25) is 0 Å². The van der Waals surface area contributed by atoms with Gasteiger partial charge < -0.3 is 14.7 Å². The number of thioether (sulfide) groups is 1. The summed E-state index contributed by atoms with van der Waals surface area (Å²) in [5.41, 5.74) is 2.68. The molecule has 7 nitrogen and oxygen atoms in total. The smallest absolute Gasteiger partial charge is 0.368 e. The fourth-order valence-electron chi connectivity index (χ4n) is 5.76. The van der Waals surface area contributed by atoms with Crippen molar-refractivity contribution in [3.05, 3.63) is 112 Å². The summed E-state index contributed by atoms with van der Waals surface area (Å²) in [5.74, 6) is 1.29. The number of alkyl halides is 3. The Labute approximate surface area is 276 Å². The zero-order chi connectivity index (χ0) is 32.1. The zero-order valence-corrected chi connectivity index (χ0v) is 26.7. The number of benzene rings is 3. The molecule has 3 aromatic carbocycles. The lowest BCUT2D eigenvalue weighted by atomic mass is 10.1. The Morgan fingerprint density at radius 1 is 0.761 bits per heavy atom. The number of carbonyl (C=O) groups excluding carboxylic acids is 1. The standard InChI is InChI=1S/C34H34ClF3N6OS/c35-30-22-31(43-14-12-41(13-15-43)23-25-6-2-1-3-7-25)40-33(39-30)46-24-26-8-4-9-27(20-26)32(45)44-18-16-42(17-19-44)29-11-5-10-28(21-29)34(36,37)38/h1-11,20-22H,12-19,23-24H2. The number of rotatable bonds is 8. The molecule has 6 rings (SSSR count). The highest BCUT2D eigenvalue weighted by Crippen LogP contribution is 2.32. The summed E-state index contributed by atoms with van der Waals surface area (Å²) >= 11 is 7.88. The minimum absolute atomic E-state index is 0.0942. The molecule has 2 fully saturated rings. The molecule has 3 heterocycles. The molecule has 1 amide bonds. The fraction of sp³-hybridized carbons (Fsp3) is 0.324. The Morgan fingerprint density at radius 2 is 1.46 bits per heavy atom. The Bertz CT molecular complexity index is 1640. The van der Waals surface area contributed by atoms with Gasteiger partial charge in [-0.05, 0) is 41.5 Å². The second-order valence-corrected chi connectivity index (χ2v) is 12.7. The lowest BCUT2D eigenvalue weighted by molar-refractivity contribution is -0.137. The summed E-state index contributed by atoms with van der Waals surface area (Å²) in [6, 6.07) is 25.1. The van der Waals surface area contributed by atoms with Crippen LogP contribution in [0.5, 0.6) is 0 Å². The Kier molecular flexibility index (Phi) is 10.0. The van der Waals surface area contributed by atoms with E-state index in [0.717, 1.165) is 50.2 Å². The summed E-state index contributed by atoms with van der Waals surface area (Å²) in [7, 11) is 0. The topological polar surface area (TPSA) is 55.8 Å². The molecule has 0 atom stereocenters. The second-order valence-electron chi connectivity index (χ2n) is 11.4. The molecule has 2 aliphatic heterocycles. The number of carbonyl (C=O) groups is 1. The number of halogens is 4. The van der Waals surface area contributed by atoms with Gasteiger partial charge in [0, 0.05) is 82.0 Å². The van der Waals surface area contributed by atoms with Crippen LogP contribution >= 0.6 is 23.4 Å². The molecule has 1 aromatic heterocycles. The third-order valence-electron chi connectivity index (χ3n) is 8.25. The number of aromatic nitrogens is 2. The highest BCUT2D eigenvalue weighted by atomic mass is 35.5. The van der Waals surface area contributed by atoms with Gasteiger partial charge in [0.25, 0.3) is 5.91 Å². The maximum atomic E-state index is 13.3. The minimum Gasteiger partial charge on any atom is -0.368 e. The van der Waals surface area contributed by atoms with E-state index in [2.05, 4.69) is 39.0 Å². The number of nitrogens with zero attached hydrogens (tertiary/aromatic N) is 6. The highest BCUT2D eigenvalue weighted by Gasteiger charge is 2.31. The lowest BCUT2D eigenvalue weighted by Crippen LogP contribution is -2.48. The largest absolute Gasteiger partial charge is 0.416 e. The van der Waals surface area contributed by atoms with Crippen LogP contribution in [0.3, 0.4) is 0 Å². The molecule has 0 unspecified atom stereocenters. The van der Waals surface area contributed by atoms with Crippen LogP contribution in [0.25, 0.3) is 0 Å². The molecule has 0 N–H and O–H groups in total. The first-order chi connectivity index (χ1) is 22.2. The summed E-state index contributed by atoms with van der Waals surface area (Å²) in [4.78, 5) is 30.9. The number of amides is 1. The van der Waals surface area contributed by atoms with Crippen molar-refractivity contribution in [1.82, 2.24) is 19.8 Å². The van der Waals surface area contributed by atoms with Crippen molar-refractivity contribution >= 4 is 40.8 Å². The van der Waals surface area contributed by atoms with Gasteiger partial charge in [-0.1, -0.05) is 71.9 Å². The highest BCUT2D eigenvalue weighted by molar-refractivity contribution is 7.98. The molecule has 0 bridgehead atoms. The van der Waals surface area contributed by atoms with Crippen LogP contribution in [-0.4, -0.2) is 78.0 Å². The van der Waals surface area contributed by atoms with Crippen LogP contribution in [0, 0.1) is 0 Å². The summed E-state index contributed by atoms with van der Waals surface area (Å²) in [6.45, 7) is 6.25. The van der Waals surface area contributed by atoms with E-state index in [9.17, 15) is 18.0 Å². The van der Waals surface area contributed by atoms with Gasteiger partial charge in [-0.2, -0.15) is 13.2 Å². The van der Waals surface area contributed by atoms with Crippen LogP contribution in [-0.2, 0) is 18.5 Å². The molecule has 0 saturated carbocycles. The molecular weight excluding hydrogens is 633 g/mol. The van der Waals surface area contributed by atoms with Crippen LogP contribution in [0.4, 0.5) is 24.7 Å². The number of anilines is 2. The third kappa shape index (κ3) is 8.12. The van der Waals surface area contributed by atoms with E-state index < -0.39 is 11.7 Å². The van der Waals surface area contributed by atoms with E-state index >= 15 is 0 Å². The first kappa shape index (κ1) is 32.2. The first-order valence-electron chi connectivity index (χ1n) is 15.2. The quantitative estimate of drug-likeness (QED) is 0.118. The number of piperazine rings is 2. The molecule has 0 radical (unpaired) electrons. The molecular formula is C34H34ClF3N6OS. The van der Waals surface area contributed by atoms with Gasteiger partial charge in [-0.25, -0.2) is 9.97 Å². The van der Waals surface area contributed by atoms with E-state index in [1.165, 1.54) is 29.5 Å². The SMILES string of the molecule is O=C(c1cccc(CSc2nc(Cl)cc(N3CCN(Cc4ccccc4)CC3)n2)c1)N1CCN(c2cccc(C(F)(F)F)c2)CC1. The van der Waals surface area contributed by atoms with E-state index in [0.29, 0.717) is 53.5 Å². The van der Waals surface area contributed by atoms with Crippen molar-refractivity contribution in [1.29, 1.82) is 0 Å². The van der Waals surface area contributed by atoms with Crippen LogP contribution in [0.1, 0.15) is 27.0 Å². The van der Waals surface area contributed by atoms with E-state index in [-0.39, 0.29) is 5.91 Å².